The summed E-state index contributed by atoms with van der Waals surface area (Å²) < 4.78 is 5.72. The standard InChI is InChI=1S/C19H20ClN3O3/c20-16-5-1-2-6-17(16)26-15-9-7-14(8-10-15)22-18(24)13-4-3-11-23(12-13)19(21)25/h1-2,5-10,13H,3-4,11-12H2,(H2,21,25)(H,22,24). The van der Waals surface area contributed by atoms with E-state index in [1.165, 1.54) is 4.90 Å². The van der Waals surface area contributed by atoms with Gasteiger partial charge in [-0.05, 0) is 49.2 Å². The Bertz CT molecular complexity index is 795. The van der Waals surface area contributed by atoms with Gasteiger partial charge in [0.15, 0.2) is 0 Å². The third-order valence-electron chi connectivity index (χ3n) is 4.29. The normalized spacial score (nSPS) is 16.8. The van der Waals surface area contributed by atoms with Crippen LogP contribution in [0.4, 0.5) is 10.5 Å². The predicted molar refractivity (Wildman–Crippen MR) is 100 cm³/mol. The van der Waals surface area contributed by atoms with E-state index >= 15 is 0 Å². The molecule has 0 radical (unpaired) electrons. The Morgan fingerprint density at radius 2 is 1.88 bits per heavy atom. The number of hydrogen-bond acceptors (Lipinski definition) is 3. The van der Waals surface area contributed by atoms with Gasteiger partial charge in [0, 0.05) is 18.8 Å². The summed E-state index contributed by atoms with van der Waals surface area (Å²) in [4.78, 5) is 25.2. The zero-order valence-electron chi connectivity index (χ0n) is 14.2. The zero-order chi connectivity index (χ0) is 18.5. The van der Waals surface area contributed by atoms with Crippen molar-refractivity contribution in [2.24, 2.45) is 11.7 Å². The number of urea groups is 1. The summed E-state index contributed by atoms with van der Waals surface area (Å²) in [7, 11) is 0. The lowest BCUT2D eigenvalue weighted by Gasteiger charge is -2.30. The molecule has 7 heteroatoms. The number of halogens is 1. The highest BCUT2D eigenvalue weighted by Crippen LogP contribution is 2.29. The van der Waals surface area contributed by atoms with Gasteiger partial charge in [0.05, 0.1) is 10.9 Å². The van der Waals surface area contributed by atoms with Gasteiger partial charge >= 0.3 is 6.03 Å². The van der Waals surface area contributed by atoms with Gasteiger partial charge in [0.2, 0.25) is 5.91 Å². The minimum Gasteiger partial charge on any atom is -0.456 e. The molecule has 136 valence electrons. The van der Waals surface area contributed by atoms with Gasteiger partial charge in [-0.2, -0.15) is 0 Å². The van der Waals surface area contributed by atoms with Crippen molar-refractivity contribution < 1.29 is 14.3 Å². The molecule has 0 aromatic heterocycles. The van der Waals surface area contributed by atoms with Crippen LogP contribution in [0.2, 0.25) is 5.02 Å². The number of nitrogens with one attached hydrogen (secondary N) is 1. The van der Waals surface area contributed by atoms with Gasteiger partial charge in [-0.25, -0.2) is 4.79 Å². The van der Waals surface area contributed by atoms with Crippen LogP contribution in [0.25, 0.3) is 0 Å². The molecule has 1 saturated heterocycles. The number of amides is 3. The number of para-hydroxylation sites is 1. The minimum absolute atomic E-state index is 0.115. The molecule has 1 aliphatic rings. The fourth-order valence-corrected chi connectivity index (χ4v) is 3.07. The fourth-order valence-electron chi connectivity index (χ4n) is 2.90. The highest BCUT2D eigenvalue weighted by atomic mass is 35.5. The number of nitrogens with zero attached hydrogens (tertiary/aromatic N) is 1. The van der Waals surface area contributed by atoms with E-state index in [1.807, 2.05) is 12.1 Å². The molecule has 1 atom stereocenters. The highest BCUT2D eigenvalue weighted by molar-refractivity contribution is 6.32. The van der Waals surface area contributed by atoms with Gasteiger partial charge in [0.25, 0.3) is 0 Å². The molecule has 1 fully saturated rings. The summed E-state index contributed by atoms with van der Waals surface area (Å²) in [6, 6.07) is 13.8. The van der Waals surface area contributed by atoms with Crippen LogP contribution in [-0.4, -0.2) is 29.9 Å². The quantitative estimate of drug-likeness (QED) is 0.853. The summed E-state index contributed by atoms with van der Waals surface area (Å²) in [5.41, 5.74) is 5.97. The highest BCUT2D eigenvalue weighted by Gasteiger charge is 2.27. The molecule has 2 aromatic carbocycles. The second-order valence-electron chi connectivity index (χ2n) is 6.17. The maximum absolute atomic E-state index is 12.4. The maximum atomic E-state index is 12.4. The minimum atomic E-state index is -0.483. The number of primary amides is 1. The van der Waals surface area contributed by atoms with E-state index in [1.54, 1.807) is 36.4 Å². The summed E-state index contributed by atoms with van der Waals surface area (Å²) >= 11 is 6.08. The van der Waals surface area contributed by atoms with E-state index in [-0.39, 0.29) is 11.8 Å². The second-order valence-corrected chi connectivity index (χ2v) is 6.58. The van der Waals surface area contributed by atoms with E-state index < -0.39 is 6.03 Å². The third-order valence-corrected chi connectivity index (χ3v) is 4.60. The van der Waals surface area contributed by atoms with Crippen molar-refractivity contribution in [1.82, 2.24) is 4.90 Å². The number of nitrogens with two attached hydrogens (primary N) is 1. The van der Waals surface area contributed by atoms with Crippen molar-refractivity contribution in [2.75, 3.05) is 18.4 Å². The number of likely N-dealkylation sites (tertiary alicyclic amines) is 1. The molecular weight excluding hydrogens is 354 g/mol. The van der Waals surface area contributed by atoms with Crippen molar-refractivity contribution in [3.05, 3.63) is 53.6 Å². The average Bonchev–Trinajstić information content (AvgIpc) is 2.65. The summed E-state index contributed by atoms with van der Waals surface area (Å²) in [5, 5.41) is 3.40. The molecule has 0 spiro atoms. The van der Waals surface area contributed by atoms with Crippen molar-refractivity contribution >= 4 is 29.2 Å². The number of carbonyl (C=O) groups excluding carboxylic acids is 2. The third kappa shape index (κ3) is 4.46. The molecule has 3 amide bonds. The number of benzene rings is 2. The van der Waals surface area contributed by atoms with Gasteiger partial charge in [-0.15, -0.1) is 0 Å². The van der Waals surface area contributed by atoms with E-state index in [2.05, 4.69) is 5.32 Å². The monoisotopic (exact) mass is 373 g/mol. The van der Waals surface area contributed by atoms with E-state index in [0.717, 1.165) is 12.8 Å². The number of anilines is 1. The lowest BCUT2D eigenvalue weighted by atomic mass is 9.97. The Labute approximate surface area is 156 Å². The number of carbonyl (C=O) groups is 2. The zero-order valence-corrected chi connectivity index (χ0v) is 14.9. The van der Waals surface area contributed by atoms with Crippen LogP contribution in [0.1, 0.15) is 12.8 Å². The van der Waals surface area contributed by atoms with Crippen LogP contribution in [-0.2, 0) is 4.79 Å². The first kappa shape index (κ1) is 18.1. The van der Waals surface area contributed by atoms with Crippen LogP contribution in [0.15, 0.2) is 48.5 Å². The maximum Gasteiger partial charge on any atom is 0.314 e. The predicted octanol–water partition coefficient (Wildman–Crippen LogP) is 3.86. The van der Waals surface area contributed by atoms with Crippen LogP contribution >= 0.6 is 11.6 Å². The Morgan fingerprint density at radius 1 is 1.15 bits per heavy atom. The molecule has 26 heavy (non-hydrogen) atoms. The SMILES string of the molecule is NC(=O)N1CCCC(C(=O)Nc2ccc(Oc3ccccc3Cl)cc2)C1. The van der Waals surface area contributed by atoms with E-state index in [9.17, 15) is 9.59 Å². The molecule has 3 N–H and O–H groups in total. The number of piperidine rings is 1. The molecule has 0 saturated carbocycles. The summed E-state index contributed by atoms with van der Waals surface area (Å²) in [6.07, 6.45) is 1.51. The smallest absolute Gasteiger partial charge is 0.314 e. The first-order valence-corrected chi connectivity index (χ1v) is 8.78. The van der Waals surface area contributed by atoms with Crippen LogP contribution in [0, 0.1) is 5.92 Å². The lowest BCUT2D eigenvalue weighted by Crippen LogP contribution is -2.46. The topological polar surface area (TPSA) is 84.7 Å². The number of ether oxygens (including phenoxy) is 1. The first-order chi connectivity index (χ1) is 12.5. The fraction of sp³-hybridized carbons (Fsp3) is 0.263. The first-order valence-electron chi connectivity index (χ1n) is 8.40. The number of rotatable bonds is 4. The molecule has 0 aliphatic carbocycles. The second kappa shape index (κ2) is 8.10. The molecule has 2 aromatic rings. The molecule has 0 bridgehead atoms. The molecule has 1 heterocycles. The Balaban J connectivity index is 1.59. The van der Waals surface area contributed by atoms with Crippen molar-refractivity contribution in [1.29, 1.82) is 0 Å². The molecule has 6 nitrogen and oxygen atoms in total. The summed E-state index contributed by atoms with van der Waals surface area (Å²) in [5.74, 6) is 0.819. The van der Waals surface area contributed by atoms with Gasteiger partial charge in [-0.1, -0.05) is 23.7 Å². The molecule has 1 unspecified atom stereocenters. The molecule has 1 aliphatic heterocycles. The van der Waals surface area contributed by atoms with Gasteiger partial charge in [0.1, 0.15) is 11.5 Å². The van der Waals surface area contributed by atoms with E-state index in [4.69, 9.17) is 22.1 Å². The average molecular weight is 374 g/mol. The van der Waals surface area contributed by atoms with Crippen molar-refractivity contribution in [3.8, 4) is 11.5 Å². The van der Waals surface area contributed by atoms with Gasteiger partial charge in [-0.3, -0.25) is 4.79 Å². The number of hydrogen-bond donors (Lipinski definition) is 2. The van der Waals surface area contributed by atoms with Crippen LogP contribution in [0.5, 0.6) is 11.5 Å². The van der Waals surface area contributed by atoms with Crippen LogP contribution < -0.4 is 15.8 Å². The Kier molecular flexibility index (Phi) is 5.63. The summed E-state index contributed by atoms with van der Waals surface area (Å²) in [6.45, 7) is 0.960. The largest absolute Gasteiger partial charge is 0.456 e. The van der Waals surface area contributed by atoms with Crippen molar-refractivity contribution in [3.63, 3.8) is 0 Å². The van der Waals surface area contributed by atoms with Crippen LogP contribution in [0.3, 0.4) is 0 Å². The lowest BCUT2D eigenvalue weighted by molar-refractivity contribution is -0.121. The van der Waals surface area contributed by atoms with E-state index in [0.29, 0.717) is 35.3 Å². The van der Waals surface area contributed by atoms with Gasteiger partial charge < -0.3 is 20.7 Å². The molecular formula is C19H20ClN3O3. The Hall–Kier alpha value is -2.73. The Morgan fingerprint density at radius 3 is 2.58 bits per heavy atom. The van der Waals surface area contributed by atoms with Crippen molar-refractivity contribution in [2.45, 2.75) is 12.8 Å². The molecule has 3 rings (SSSR count).